The van der Waals surface area contributed by atoms with E-state index in [-0.39, 0.29) is 36.6 Å². The Morgan fingerprint density at radius 2 is 1.94 bits per heavy atom. The number of carbonyl (C=O) groups excluding carboxylic acids is 1. The second-order valence-corrected chi connectivity index (χ2v) is 7.30. The molecule has 1 aliphatic heterocycles. The number of allylic oxidation sites excluding steroid dienone is 1. The number of benzene rings is 2. The van der Waals surface area contributed by atoms with E-state index >= 15 is 0 Å². The summed E-state index contributed by atoms with van der Waals surface area (Å²) in [5, 5.41) is 11.7. The van der Waals surface area contributed by atoms with Gasteiger partial charge in [-0.3, -0.25) is 4.79 Å². The molecule has 0 aromatic heterocycles. The third-order valence-electron chi connectivity index (χ3n) is 5.01. The number of carbonyl (C=O) groups is 1. The quantitative estimate of drug-likeness (QED) is 0.478. The highest BCUT2D eigenvalue weighted by molar-refractivity contribution is 5.91. The van der Waals surface area contributed by atoms with E-state index in [9.17, 15) is 9.18 Å². The maximum atomic E-state index is 13.1. The van der Waals surface area contributed by atoms with Crippen molar-refractivity contribution in [1.82, 2.24) is 5.32 Å². The zero-order valence-corrected chi connectivity index (χ0v) is 17.2. The van der Waals surface area contributed by atoms with Crippen LogP contribution in [0.3, 0.4) is 0 Å². The van der Waals surface area contributed by atoms with Crippen LogP contribution < -0.4 is 5.32 Å². The molecule has 0 saturated carbocycles. The third kappa shape index (κ3) is 6.68. The van der Waals surface area contributed by atoms with Crippen LogP contribution in [0.4, 0.5) is 4.39 Å². The summed E-state index contributed by atoms with van der Waals surface area (Å²) in [5.41, 5.74) is 2.58. The normalized spacial score (nSPS) is 17.9. The maximum Gasteiger partial charge on any atom is 0.286 e. The second kappa shape index (κ2) is 11.3. The standard InChI is InChI=1S/C25H26FNO4/c1-2-18-5-9-20(10-6-18)21-15-23(31-24(16-21)30-14-4-3-13-28)25(29)27-17-19-7-11-22(26)12-8-19/h1,5-12,15,21,24,28H,3-4,13-14,16-17H2,(H,27,29)/t21-,24+/m1/s1. The molecular formula is C25H26FNO4. The number of ether oxygens (including phenoxy) is 2. The zero-order chi connectivity index (χ0) is 22.1. The first-order valence-electron chi connectivity index (χ1n) is 10.3. The molecule has 31 heavy (non-hydrogen) atoms. The average Bonchev–Trinajstić information content (AvgIpc) is 2.81. The molecule has 2 aromatic rings. The Kier molecular flexibility index (Phi) is 8.22. The molecule has 0 unspecified atom stereocenters. The van der Waals surface area contributed by atoms with Crippen LogP contribution in [0, 0.1) is 18.2 Å². The van der Waals surface area contributed by atoms with Gasteiger partial charge in [-0.1, -0.05) is 30.2 Å². The van der Waals surface area contributed by atoms with Crippen molar-refractivity contribution in [2.75, 3.05) is 13.2 Å². The average molecular weight is 423 g/mol. The molecule has 0 spiro atoms. The van der Waals surface area contributed by atoms with Crippen LogP contribution in [0.25, 0.3) is 0 Å². The summed E-state index contributed by atoms with van der Waals surface area (Å²) in [6.45, 7) is 0.789. The summed E-state index contributed by atoms with van der Waals surface area (Å²) in [6.07, 6.45) is 8.56. The second-order valence-electron chi connectivity index (χ2n) is 7.30. The van der Waals surface area contributed by atoms with Crippen LogP contribution in [0.15, 0.2) is 60.4 Å². The Labute approximate surface area is 181 Å². The van der Waals surface area contributed by atoms with Crippen molar-refractivity contribution in [3.8, 4) is 12.3 Å². The number of hydrogen-bond acceptors (Lipinski definition) is 4. The summed E-state index contributed by atoms with van der Waals surface area (Å²) in [7, 11) is 0. The van der Waals surface area contributed by atoms with Crippen LogP contribution in [-0.4, -0.2) is 30.5 Å². The number of nitrogens with one attached hydrogen (secondary N) is 1. The monoisotopic (exact) mass is 423 g/mol. The molecule has 1 heterocycles. The number of aliphatic hydroxyl groups excluding tert-OH is 1. The number of hydrogen-bond donors (Lipinski definition) is 2. The van der Waals surface area contributed by atoms with Gasteiger partial charge in [-0.25, -0.2) is 4.39 Å². The number of rotatable bonds is 9. The van der Waals surface area contributed by atoms with Gasteiger partial charge >= 0.3 is 0 Å². The summed E-state index contributed by atoms with van der Waals surface area (Å²) >= 11 is 0. The molecule has 5 nitrogen and oxygen atoms in total. The fourth-order valence-corrected chi connectivity index (χ4v) is 3.28. The van der Waals surface area contributed by atoms with Crippen LogP contribution in [0.1, 0.15) is 41.9 Å². The minimum absolute atomic E-state index is 0.0741. The first-order chi connectivity index (χ1) is 15.1. The Morgan fingerprint density at radius 3 is 2.61 bits per heavy atom. The summed E-state index contributed by atoms with van der Waals surface area (Å²) < 4.78 is 24.7. The number of unbranched alkanes of at least 4 members (excludes halogenated alkanes) is 1. The minimum atomic E-state index is -0.576. The molecule has 0 fully saturated rings. The fourth-order valence-electron chi connectivity index (χ4n) is 3.28. The van der Waals surface area contributed by atoms with Gasteiger partial charge in [0.2, 0.25) is 6.29 Å². The van der Waals surface area contributed by atoms with Crippen molar-refractivity contribution >= 4 is 5.91 Å². The van der Waals surface area contributed by atoms with Crippen LogP contribution in [-0.2, 0) is 20.8 Å². The topological polar surface area (TPSA) is 67.8 Å². The van der Waals surface area contributed by atoms with Crippen molar-refractivity contribution in [2.24, 2.45) is 0 Å². The zero-order valence-electron chi connectivity index (χ0n) is 17.2. The molecule has 6 heteroatoms. The van der Waals surface area contributed by atoms with E-state index < -0.39 is 6.29 Å². The highest BCUT2D eigenvalue weighted by Crippen LogP contribution is 2.31. The highest BCUT2D eigenvalue weighted by Gasteiger charge is 2.28. The molecule has 0 radical (unpaired) electrons. The molecule has 0 saturated heterocycles. The fraction of sp³-hybridized carbons (Fsp3) is 0.320. The lowest BCUT2D eigenvalue weighted by molar-refractivity contribution is -0.146. The molecule has 2 atom stereocenters. The first-order valence-corrected chi connectivity index (χ1v) is 10.3. The molecule has 162 valence electrons. The van der Waals surface area contributed by atoms with Gasteiger partial charge in [-0.2, -0.15) is 0 Å². The van der Waals surface area contributed by atoms with E-state index in [2.05, 4.69) is 11.2 Å². The molecule has 2 aromatic carbocycles. The van der Waals surface area contributed by atoms with Crippen LogP contribution in [0.5, 0.6) is 0 Å². The van der Waals surface area contributed by atoms with Crippen LogP contribution in [0.2, 0.25) is 0 Å². The van der Waals surface area contributed by atoms with E-state index in [1.165, 1.54) is 12.1 Å². The Hall–Kier alpha value is -3.14. The summed E-state index contributed by atoms with van der Waals surface area (Å²) in [4.78, 5) is 12.7. The number of terminal acetylenes is 1. The summed E-state index contributed by atoms with van der Waals surface area (Å²) in [5.74, 6) is 2.02. The summed E-state index contributed by atoms with van der Waals surface area (Å²) in [6, 6.07) is 13.6. The number of aliphatic hydroxyl groups is 1. The van der Waals surface area contributed by atoms with Gasteiger partial charge in [-0.15, -0.1) is 6.42 Å². The number of amides is 1. The predicted octanol–water partition coefficient (Wildman–Crippen LogP) is 3.63. The van der Waals surface area contributed by atoms with Crippen molar-refractivity contribution in [2.45, 2.75) is 38.0 Å². The van der Waals surface area contributed by atoms with Gasteiger partial charge in [0.1, 0.15) is 5.82 Å². The molecular weight excluding hydrogens is 397 g/mol. The van der Waals surface area contributed by atoms with Crippen molar-refractivity contribution in [3.63, 3.8) is 0 Å². The van der Waals surface area contributed by atoms with Gasteiger partial charge in [-0.05, 0) is 54.3 Å². The highest BCUT2D eigenvalue weighted by atomic mass is 19.1. The molecule has 1 amide bonds. The van der Waals surface area contributed by atoms with Gasteiger partial charge < -0.3 is 19.9 Å². The van der Waals surface area contributed by atoms with E-state index in [1.807, 2.05) is 24.3 Å². The molecule has 1 aliphatic rings. The largest absolute Gasteiger partial charge is 0.459 e. The van der Waals surface area contributed by atoms with Gasteiger partial charge in [0.05, 0.1) is 6.61 Å². The molecule has 0 bridgehead atoms. The van der Waals surface area contributed by atoms with E-state index in [0.717, 1.165) is 16.7 Å². The van der Waals surface area contributed by atoms with Gasteiger partial charge in [0, 0.05) is 31.1 Å². The lowest BCUT2D eigenvalue weighted by Crippen LogP contribution is -2.32. The molecule has 0 aliphatic carbocycles. The van der Waals surface area contributed by atoms with Gasteiger partial charge in [0.25, 0.3) is 5.91 Å². The van der Waals surface area contributed by atoms with Crippen LogP contribution >= 0.6 is 0 Å². The predicted molar refractivity (Wildman–Crippen MR) is 115 cm³/mol. The van der Waals surface area contributed by atoms with E-state index in [0.29, 0.717) is 25.9 Å². The van der Waals surface area contributed by atoms with Crippen molar-refractivity contribution in [1.29, 1.82) is 0 Å². The minimum Gasteiger partial charge on any atom is -0.459 e. The Balaban J connectivity index is 1.70. The lowest BCUT2D eigenvalue weighted by atomic mass is 9.92. The van der Waals surface area contributed by atoms with Crippen molar-refractivity contribution < 1.29 is 23.8 Å². The molecule has 2 N–H and O–H groups in total. The third-order valence-corrected chi connectivity index (χ3v) is 5.01. The van der Waals surface area contributed by atoms with Gasteiger partial charge in [0.15, 0.2) is 5.76 Å². The Bertz CT molecular complexity index is 931. The van der Waals surface area contributed by atoms with E-state index in [1.54, 1.807) is 18.2 Å². The smallest absolute Gasteiger partial charge is 0.286 e. The van der Waals surface area contributed by atoms with E-state index in [4.69, 9.17) is 21.0 Å². The SMILES string of the molecule is C#Cc1ccc([C@@H]2C=C(C(=O)NCc3ccc(F)cc3)O[C@H](OCCCCO)C2)cc1. The maximum absolute atomic E-state index is 13.1. The van der Waals surface area contributed by atoms with Crippen molar-refractivity contribution in [3.05, 3.63) is 82.9 Å². The lowest BCUT2D eigenvalue weighted by Gasteiger charge is -2.29. The Morgan fingerprint density at radius 1 is 1.19 bits per heavy atom. The first kappa shape index (κ1) is 22.5. The molecule has 3 rings (SSSR count). The number of halogens is 1.